The summed E-state index contributed by atoms with van der Waals surface area (Å²) in [5, 5.41) is 3.29. The molecule has 1 heterocycles. The molecule has 0 spiro atoms. The van der Waals surface area contributed by atoms with Gasteiger partial charge in [-0.2, -0.15) is 0 Å². The maximum absolute atomic E-state index is 12.2. The van der Waals surface area contributed by atoms with Crippen LogP contribution in [0.1, 0.15) is 21.5 Å². The molecule has 1 amide bonds. The Morgan fingerprint density at radius 1 is 1.43 bits per heavy atom. The van der Waals surface area contributed by atoms with Crippen molar-refractivity contribution in [2.24, 2.45) is 5.73 Å². The Hall–Kier alpha value is -2.35. The number of rotatable bonds is 2. The molecule has 0 atom stereocenters. The average molecular weight is 300 g/mol. The van der Waals surface area contributed by atoms with Crippen LogP contribution in [0, 0.1) is 18.8 Å². The Morgan fingerprint density at radius 3 is 3.00 bits per heavy atom. The van der Waals surface area contributed by atoms with Gasteiger partial charge in [0, 0.05) is 22.3 Å². The van der Waals surface area contributed by atoms with Crippen LogP contribution in [0.4, 0.5) is 5.82 Å². The van der Waals surface area contributed by atoms with Crippen LogP contribution in [0.2, 0.25) is 5.02 Å². The monoisotopic (exact) mass is 299 g/mol. The molecule has 2 aromatic rings. The molecule has 0 unspecified atom stereocenters. The van der Waals surface area contributed by atoms with Gasteiger partial charge in [-0.25, -0.2) is 4.98 Å². The third-order valence-electron chi connectivity index (χ3n) is 2.85. The van der Waals surface area contributed by atoms with E-state index in [-0.39, 0.29) is 12.5 Å². The number of halogens is 1. The summed E-state index contributed by atoms with van der Waals surface area (Å²) in [6.45, 7) is 2.08. The smallest absolute Gasteiger partial charge is 0.257 e. The Kier molecular flexibility index (Phi) is 4.94. The lowest BCUT2D eigenvalue weighted by Crippen LogP contribution is -2.14. The van der Waals surface area contributed by atoms with Crippen molar-refractivity contribution in [1.82, 2.24) is 4.98 Å². The number of nitrogens with one attached hydrogen (secondary N) is 1. The van der Waals surface area contributed by atoms with Crippen molar-refractivity contribution in [1.29, 1.82) is 0 Å². The van der Waals surface area contributed by atoms with Crippen LogP contribution in [0.15, 0.2) is 36.5 Å². The highest BCUT2D eigenvalue weighted by molar-refractivity contribution is 6.32. The molecule has 0 saturated heterocycles. The number of amides is 1. The summed E-state index contributed by atoms with van der Waals surface area (Å²) >= 11 is 6.02. The lowest BCUT2D eigenvalue weighted by Gasteiger charge is -2.08. The largest absolute Gasteiger partial charge is 0.320 e. The minimum Gasteiger partial charge on any atom is -0.320 e. The number of nitrogens with two attached hydrogens (primary N) is 1. The van der Waals surface area contributed by atoms with Crippen LogP contribution in [0.3, 0.4) is 0 Å². The van der Waals surface area contributed by atoms with Crippen LogP contribution in [-0.4, -0.2) is 17.4 Å². The summed E-state index contributed by atoms with van der Waals surface area (Å²) in [6.07, 6.45) is 1.58. The predicted molar refractivity (Wildman–Crippen MR) is 84.3 cm³/mol. The lowest BCUT2D eigenvalue weighted by atomic mass is 10.1. The van der Waals surface area contributed by atoms with Gasteiger partial charge in [0.15, 0.2) is 0 Å². The van der Waals surface area contributed by atoms with Gasteiger partial charge in [0.2, 0.25) is 0 Å². The van der Waals surface area contributed by atoms with Crippen LogP contribution in [0.25, 0.3) is 0 Å². The molecule has 0 saturated carbocycles. The van der Waals surface area contributed by atoms with E-state index >= 15 is 0 Å². The van der Waals surface area contributed by atoms with Crippen molar-refractivity contribution in [3.8, 4) is 11.8 Å². The summed E-state index contributed by atoms with van der Waals surface area (Å²) in [4.78, 5) is 16.3. The molecular formula is C16H14ClN3O. The van der Waals surface area contributed by atoms with E-state index in [4.69, 9.17) is 17.3 Å². The summed E-state index contributed by atoms with van der Waals surface area (Å²) in [5.41, 5.74) is 7.32. The normalized spacial score (nSPS) is 9.67. The van der Waals surface area contributed by atoms with Gasteiger partial charge in [0.05, 0.1) is 6.54 Å². The molecule has 0 aliphatic heterocycles. The molecule has 1 aromatic heterocycles. The van der Waals surface area contributed by atoms with E-state index in [2.05, 4.69) is 22.1 Å². The lowest BCUT2D eigenvalue weighted by molar-refractivity contribution is 0.102. The molecule has 0 radical (unpaired) electrons. The van der Waals surface area contributed by atoms with E-state index in [9.17, 15) is 4.79 Å². The van der Waals surface area contributed by atoms with Crippen LogP contribution < -0.4 is 11.1 Å². The second kappa shape index (κ2) is 6.89. The number of benzene rings is 1. The van der Waals surface area contributed by atoms with Gasteiger partial charge in [-0.1, -0.05) is 29.5 Å². The first kappa shape index (κ1) is 15.0. The number of anilines is 1. The van der Waals surface area contributed by atoms with Crippen molar-refractivity contribution in [2.45, 2.75) is 6.92 Å². The predicted octanol–water partition coefficient (Wildman–Crippen LogP) is 2.61. The molecule has 4 nitrogen and oxygen atoms in total. The second-order valence-corrected chi connectivity index (χ2v) is 4.71. The summed E-state index contributed by atoms with van der Waals surface area (Å²) in [7, 11) is 0. The summed E-state index contributed by atoms with van der Waals surface area (Å²) in [6, 6.07) is 8.65. The van der Waals surface area contributed by atoms with E-state index < -0.39 is 0 Å². The standard InChI is InChI=1S/C16H14ClN3O/c1-11-13(5-2-6-14(11)17)16(21)20-15-10-12(4-3-8-18)7-9-19-15/h2,5-7,9-10H,8,18H2,1H3,(H,19,20,21). The summed E-state index contributed by atoms with van der Waals surface area (Å²) < 4.78 is 0. The Bertz CT molecular complexity index is 732. The van der Waals surface area contributed by atoms with Gasteiger partial charge in [0.25, 0.3) is 5.91 Å². The Balaban J connectivity index is 2.22. The molecule has 0 aliphatic rings. The SMILES string of the molecule is Cc1c(Cl)cccc1C(=O)Nc1cc(C#CCN)ccn1. The molecule has 0 fully saturated rings. The van der Waals surface area contributed by atoms with Crippen molar-refractivity contribution >= 4 is 23.3 Å². The first-order chi connectivity index (χ1) is 10.1. The van der Waals surface area contributed by atoms with Gasteiger partial charge in [-0.05, 0) is 36.8 Å². The van der Waals surface area contributed by atoms with Gasteiger partial charge in [-0.15, -0.1) is 0 Å². The minimum absolute atomic E-state index is 0.258. The fourth-order valence-corrected chi connectivity index (χ4v) is 1.94. The van der Waals surface area contributed by atoms with E-state index in [1.165, 1.54) is 0 Å². The molecule has 3 N–H and O–H groups in total. The molecule has 0 bridgehead atoms. The minimum atomic E-state index is -0.258. The van der Waals surface area contributed by atoms with Gasteiger partial charge in [0.1, 0.15) is 5.82 Å². The van der Waals surface area contributed by atoms with Gasteiger partial charge >= 0.3 is 0 Å². The first-order valence-electron chi connectivity index (χ1n) is 6.33. The van der Waals surface area contributed by atoms with Crippen LogP contribution >= 0.6 is 11.6 Å². The quantitative estimate of drug-likeness (QED) is 0.838. The topological polar surface area (TPSA) is 68.0 Å². The number of aromatic nitrogens is 1. The molecule has 106 valence electrons. The molecule has 1 aromatic carbocycles. The van der Waals surface area contributed by atoms with E-state index in [0.29, 0.717) is 16.4 Å². The number of carbonyl (C=O) groups excluding carboxylic acids is 1. The van der Waals surface area contributed by atoms with Gasteiger partial charge in [-0.3, -0.25) is 4.79 Å². The number of pyridine rings is 1. The maximum atomic E-state index is 12.2. The highest BCUT2D eigenvalue weighted by atomic mass is 35.5. The molecular weight excluding hydrogens is 286 g/mol. The number of hydrogen-bond donors (Lipinski definition) is 2. The van der Waals surface area contributed by atoms with E-state index in [1.807, 2.05) is 0 Å². The Morgan fingerprint density at radius 2 is 2.24 bits per heavy atom. The molecule has 21 heavy (non-hydrogen) atoms. The maximum Gasteiger partial charge on any atom is 0.257 e. The zero-order valence-electron chi connectivity index (χ0n) is 11.5. The van der Waals surface area contributed by atoms with Gasteiger partial charge < -0.3 is 11.1 Å². The number of carbonyl (C=O) groups is 1. The zero-order chi connectivity index (χ0) is 15.2. The third-order valence-corrected chi connectivity index (χ3v) is 3.26. The highest BCUT2D eigenvalue weighted by Crippen LogP contribution is 2.19. The third kappa shape index (κ3) is 3.82. The fraction of sp³-hybridized carbons (Fsp3) is 0.125. The molecule has 0 aliphatic carbocycles. The molecule has 5 heteroatoms. The fourth-order valence-electron chi connectivity index (χ4n) is 1.77. The molecule has 2 rings (SSSR count). The second-order valence-electron chi connectivity index (χ2n) is 4.30. The average Bonchev–Trinajstić information content (AvgIpc) is 2.48. The van der Waals surface area contributed by atoms with Crippen LogP contribution in [0.5, 0.6) is 0 Å². The van der Waals surface area contributed by atoms with E-state index in [0.717, 1.165) is 11.1 Å². The number of nitrogens with zero attached hydrogens (tertiary/aromatic N) is 1. The first-order valence-corrected chi connectivity index (χ1v) is 6.71. The number of hydrogen-bond acceptors (Lipinski definition) is 3. The summed E-state index contributed by atoms with van der Waals surface area (Å²) in [5.74, 6) is 5.82. The van der Waals surface area contributed by atoms with Crippen molar-refractivity contribution in [3.63, 3.8) is 0 Å². The zero-order valence-corrected chi connectivity index (χ0v) is 12.2. The highest BCUT2D eigenvalue weighted by Gasteiger charge is 2.11. The van der Waals surface area contributed by atoms with Crippen molar-refractivity contribution in [3.05, 3.63) is 58.2 Å². The van der Waals surface area contributed by atoms with Crippen molar-refractivity contribution < 1.29 is 4.79 Å². The Labute approximate surface area is 128 Å². The van der Waals surface area contributed by atoms with Crippen molar-refractivity contribution in [2.75, 3.05) is 11.9 Å². The van der Waals surface area contributed by atoms with E-state index in [1.54, 1.807) is 43.5 Å². The van der Waals surface area contributed by atoms with Crippen LogP contribution in [-0.2, 0) is 0 Å².